The summed E-state index contributed by atoms with van der Waals surface area (Å²) in [6.45, 7) is 0.307. The number of pyridine rings is 1. The molecule has 0 radical (unpaired) electrons. The molecule has 2 atom stereocenters. The van der Waals surface area contributed by atoms with Crippen molar-refractivity contribution in [3.63, 3.8) is 0 Å². The maximum absolute atomic E-state index is 12.2. The molecule has 9 nitrogen and oxygen atoms in total. The number of aromatic nitrogens is 1. The molecule has 1 saturated carbocycles. The third-order valence-electron chi connectivity index (χ3n) is 5.07. The van der Waals surface area contributed by atoms with E-state index in [-0.39, 0.29) is 30.9 Å². The lowest BCUT2D eigenvalue weighted by Crippen LogP contribution is -2.42. The number of anilines is 1. The monoisotopic (exact) mass is 435 g/mol. The summed E-state index contributed by atoms with van der Waals surface area (Å²) >= 11 is 0. The SMILES string of the molecule is CS(=O)(=O)c1ccc(OCC2(CNC(=O)Nc3cccnc3)CC(O)C(O)C2)cc1. The maximum atomic E-state index is 12.2. The van der Waals surface area contributed by atoms with E-state index in [4.69, 9.17) is 4.74 Å². The molecular formula is C20H25N3O6S. The predicted molar refractivity (Wildman–Crippen MR) is 110 cm³/mol. The first-order chi connectivity index (χ1) is 14.2. The molecule has 0 spiro atoms. The van der Waals surface area contributed by atoms with E-state index in [1.54, 1.807) is 30.5 Å². The molecule has 162 valence electrons. The molecule has 1 fully saturated rings. The molecule has 4 N–H and O–H groups in total. The minimum Gasteiger partial charge on any atom is -0.493 e. The lowest BCUT2D eigenvalue weighted by atomic mass is 9.86. The Morgan fingerprint density at radius 3 is 2.43 bits per heavy atom. The van der Waals surface area contributed by atoms with Crippen molar-refractivity contribution >= 4 is 21.6 Å². The fraction of sp³-hybridized carbons (Fsp3) is 0.400. The van der Waals surface area contributed by atoms with Gasteiger partial charge in [-0.25, -0.2) is 13.2 Å². The first-order valence-corrected chi connectivity index (χ1v) is 11.3. The maximum Gasteiger partial charge on any atom is 0.319 e. The Bertz CT molecular complexity index is 956. The van der Waals surface area contributed by atoms with Crippen LogP contribution in [0.4, 0.5) is 10.5 Å². The highest BCUT2D eigenvalue weighted by Gasteiger charge is 2.45. The van der Waals surface area contributed by atoms with Gasteiger partial charge in [-0.1, -0.05) is 0 Å². The lowest BCUT2D eigenvalue weighted by molar-refractivity contribution is 0.0438. The molecule has 1 aliphatic rings. The van der Waals surface area contributed by atoms with E-state index in [9.17, 15) is 23.4 Å². The van der Waals surface area contributed by atoms with E-state index in [1.807, 2.05) is 0 Å². The van der Waals surface area contributed by atoms with Gasteiger partial charge in [-0.15, -0.1) is 0 Å². The summed E-state index contributed by atoms with van der Waals surface area (Å²) in [6, 6.07) is 8.97. The summed E-state index contributed by atoms with van der Waals surface area (Å²) in [5, 5.41) is 25.5. The van der Waals surface area contributed by atoms with Crippen LogP contribution in [0.25, 0.3) is 0 Å². The Kier molecular flexibility index (Phi) is 6.59. The number of carbonyl (C=O) groups excluding carboxylic acids is 1. The fourth-order valence-electron chi connectivity index (χ4n) is 3.46. The zero-order chi connectivity index (χ0) is 21.8. The standard InChI is InChI=1S/C20H25N3O6S/c1-30(27,28)16-6-4-15(5-7-16)29-13-20(9-17(24)18(25)10-20)12-22-19(26)23-14-3-2-8-21-11-14/h2-8,11,17-18,24-25H,9-10,12-13H2,1H3,(H2,22,23,26). The number of benzene rings is 1. The highest BCUT2D eigenvalue weighted by atomic mass is 32.2. The zero-order valence-electron chi connectivity index (χ0n) is 16.5. The number of urea groups is 1. The van der Waals surface area contributed by atoms with Crippen molar-refractivity contribution in [3.8, 4) is 5.75 Å². The van der Waals surface area contributed by atoms with E-state index in [1.165, 1.54) is 18.3 Å². The van der Waals surface area contributed by atoms with Crippen LogP contribution in [0.5, 0.6) is 5.75 Å². The molecule has 1 aliphatic carbocycles. The number of sulfone groups is 1. The van der Waals surface area contributed by atoms with Gasteiger partial charge in [-0.3, -0.25) is 4.98 Å². The van der Waals surface area contributed by atoms with Crippen LogP contribution in [0.1, 0.15) is 12.8 Å². The van der Waals surface area contributed by atoms with Crippen LogP contribution in [0.3, 0.4) is 0 Å². The number of hydrogen-bond donors (Lipinski definition) is 4. The average Bonchev–Trinajstić information content (AvgIpc) is 2.99. The molecule has 1 heterocycles. The van der Waals surface area contributed by atoms with Crippen molar-refractivity contribution in [2.24, 2.45) is 5.41 Å². The number of aliphatic hydroxyl groups excluding tert-OH is 2. The van der Waals surface area contributed by atoms with Crippen molar-refractivity contribution in [2.75, 3.05) is 24.7 Å². The zero-order valence-corrected chi connectivity index (χ0v) is 17.3. The van der Waals surface area contributed by atoms with Gasteiger partial charge in [0.25, 0.3) is 0 Å². The van der Waals surface area contributed by atoms with Gasteiger partial charge in [-0.05, 0) is 49.2 Å². The van der Waals surface area contributed by atoms with Crippen LogP contribution in [0, 0.1) is 5.41 Å². The number of ether oxygens (including phenoxy) is 1. The van der Waals surface area contributed by atoms with E-state index < -0.39 is 33.5 Å². The third-order valence-corrected chi connectivity index (χ3v) is 6.20. The van der Waals surface area contributed by atoms with Crippen LogP contribution in [0.2, 0.25) is 0 Å². The first-order valence-electron chi connectivity index (χ1n) is 9.41. The molecule has 10 heteroatoms. The Morgan fingerprint density at radius 1 is 1.20 bits per heavy atom. The lowest BCUT2D eigenvalue weighted by Gasteiger charge is -2.29. The second-order valence-corrected chi connectivity index (χ2v) is 9.64. The van der Waals surface area contributed by atoms with E-state index in [0.717, 1.165) is 6.26 Å². The Hall–Kier alpha value is -2.69. The van der Waals surface area contributed by atoms with E-state index in [2.05, 4.69) is 15.6 Å². The smallest absolute Gasteiger partial charge is 0.319 e. The fourth-order valence-corrected chi connectivity index (χ4v) is 4.09. The highest BCUT2D eigenvalue weighted by Crippen LogP contribution is 2.38. The van der Waals surface area contributed by atoms with Gasteiger partial charge in [0.1, 0.15) is 5.75 Å². The molecule has 2 aromatic rings. The number of aliphatic hydroxyl groups is 2. The second kappa shape index (κ2) is 8.99. The molecule has 30 heavy (non-hydrogen) atoms. The van der Waals surface area contributed by atoms with Crippen molar-refractivity contribution in [1.29, 1.82) is 0 Å². The van der Waals surface area contributed by atoms with Crippen LogP contribution < -0.4 is 15.4 Å². The van der Waals surface area contributed by atoms with Crippen LogP contribution in [0.15, 0.2) is 53.7 Å². The number of amides is 2. The topological polar surface area (TPSA) is 138 Å². The first kappa shape index (κ1) is 22.0. The second-order valence-electron chi connectivity index (χ2n) is 7.62. The van der Waals surface area contributed by atoms with Crippen LogP contribution >= 0.6 is 0 Å². The minimum absolute atomic E-state index is 0.131. The number of carbonyl (C=O) groups is 1. The molecule has 0 aliphatic heterocycles. The average molecular weight is 436 g/mol. The summed E-state index contributed by atoms with van der Waals surface area (Å²) < 4.78 is 28.9. The van der Waals surface area contributed by atoms with Gasteiger partial charge >= 0.3 is 6.03 Å². The highest BCUT2D eigenvalue weighted by molar-refractivity contribution is 7.90. The third kappa shape index (κ3) is 5.68. The van der Waals surface area contributed by atoms with Crippen molar-refractivity contribution in [1.82, 2.24) is 10.3 Å². The number of rotatable bonds is 7. The Labute approximate surface area is 175 Å². The van der Waals surface area contributed by atoms with Gasteiger partial charge in [0.15, 0.2) is 9.84 Å². The number of nitrogens with zero attached hydrogens (tertiary/aromatic N) is 1. The van der Waals surface area contributed by atoms with E-state index in [0.29, 0.717) is 11.4 Å². The quantitative estimate of drug-likeness (QED) is 0.512. The normalized spacial score (nSPS) is 23.7. The summed E-state index contributed by atoms with van der Waals surface area (Å²) in [7, 11) is -3.30. The van der Waals surface area contributed by atoms with Gasteiger partial charge in [0.05, 0.1) is 35.6 Å². The molecule has 2 unspecified atom stereocenters. The molecule has 0 saturated heterocycles. The summed E-state index contributed by atoms with van der Waals surface area (Å²) in [6.07, 6.45) is 2.92. The molecule has 0 bridgehead atoms. The Balaban J connectivity index is 1.63. The number of nitrogens with one attached hydrogen (secondary N) is 2. The number of hydrogen-bond acceptors (Lipinski definition) is 7. The van der Waals surface area contributed by atoms with Crippen molar-refractivity contribution in [3.05, 3.63) is 48.8 Å². The van der Waals surface area contributed by atoms with Gasteiger partial charge in [0, 0.05) is 24.4 Å². The van der Waals surface area contributed by atoms with Crippen LogP contribution in [-0.4, -0.2) is 61.3 Å². The summed E-state index contributed by atoms with van der Waals surface area (Å²) in [5.74, 6) is 0.456. The molecule has 3 rings (SSSR count). The molecule has 2 amide bonds. The van der Waals surface area contributed by atoms with Gasteiger partial charge in [0.2, 0.25) is 0 Å². The molecular weight excluding hydrogens is 410 g/mol. The van der Waals surface area contributed by atoms with E-state index >= 15 is 0 Å². The van der Waals surface area contributed by atoms with Crippen molar-refractivity contribution < 1.29 is 28.2 Å². The summed E-state index contributed by atoms with van der Waals surface area (Å²) in [4.78, 5) is 16.3. The summed E-state index contributed by atoms with van der Waals surface area (Å²) in [5.41, 5.74) is -0.140. The van der Waals surface area contributed by atoms with Crippen molar-refractivity contribution in [2.45, 2.75) is 29.9 Å². The van der Waals surface area contributed by atoms with Crippen LogP contribution in [-0.2, 0) is 9.84 Å². The molecule has 1 aromatic carbocycles. The van der Waals surface area contributed by atoms with Gasteiger partial charge in [-0.2, -0.15) is 0 Å². The molecule has 1 aromatic heterocycles. The minimum atomic E-state index is -3.30. The predicted octanol–water partition coefficient (Wildman–Crippen LogP) is 1.19. The Morgan fingerprint density at radius 2 is 1.87 bits per heavy atom. The largest absolute Gasteiger partial charge is 0.493 e. The van der Waals surface area contributed by atoms with Gasteiger partial charge < -0.3 is 25.6 Å².